The highest BCUT2D eigenvalue weighted by atomic mass is 19.1. The Labute approximate surface area is 127 Å². The Morgan fingerprint density at radius 1 is 1.14 bits per heavy atom. The van der Waals surface area contributed by atoms with E-state index in [2.05, 4.69) is 10.6 Å². The first-order chi connectivity index (χ1) is 10.6. The van der Waals surface area contributed by atoms with Crippen molar-refractivity contribution >= 4 is 17.7 Å². The molecule has 0 fully saturated rings. The number of halogens is 1. The number of hydrogen-bond acceptors (Lipinski definition) is 3. The smallest absolute Gasteiger partial charge is 0.411 e. The summed E-state index contributed by atoms with van der Waals surface area (Å²) in [5.41, 5.74) is 1.56. The highest BCUT2D eigenvalue weighted by molar-refractivity contribution is 5.96. The van der Waals surface area contributed by atoms with E-state index in [9.17, 15) is 14.0 Å². The Balaban J connectivity index is 1.91. The van der Waals surface area contributed by atoms with Crippen LogP contribution in [0.1, 0.15) is 15.9 Å². The molecule has 2 amide bonds. The molecular formula is C16H15FN2O3. The summed E-state index contributed by atoms with van der Waals surface area (Å²) in [6.07, 6.45) is -0.654. The predicted octanol–water partition coefficient (Wildman–Crippen LogP) is 2.93. The molecule has 0 radical (unpaired) electrons. The van der Waals surface area contributed by atoms with Gasteiger partial charge in [0.15, 0.2) is 0 Å². The maximum atomic E-state index is 12.8. The lowest BCUT2D eigenvalue weighted by Crippen LogP contribution is -2.18. The molecule has 0 atom stereocenters. The predicted molar refractivity (Wildman–Crippen MR) is 80.0 cm³/mol. The Morgan fingerprint density at radius 3 is 2.55 bits per heavy atom. The number of ether oxygens (including phenoxy) is 1. The molecule has 0 bridgehead atoms. The molecular weight excluding hydrogens is 287 g/mol. The van der Waals surface area contributed by atoms with Crippen molar-refractivity contribution in [1.29, 1.82) is 0 Å². The molecule has 114 valence electrons. The molecule has 0 saturated carbocycles. The van der Waals surface area contributed by atoms with Crippen molar-refractivity contribution in [2.45, 2.75) is 6.61 Å². The number of anilines is 1. The van der Waals surface area contributed by atoms with Gasteiger partial charge in [0.1, 0.15) is 12.4 Å². The summed E-state index contributed by atoms with van der Waals surface area (Å²) in [5, 5.41) is 5.03. The molecule has 0 heterocycles. The maximum Gasteiger partial charge on any atom is 0.411 e. The van der Waals surface area contributed by atoms with Crippen LogP contribution in [0.3, 0.4) is 0 Å². The first-order valence-electron chi connectivity index (χ1n) is 6.59. The molecule has 0 unspecified atom stereocenters. The highest BCUT2D eigenvalue weighted by Crippen LogP contribution is 2.11. The van der Waals surface area contributed by atoms with Gasteiger partial charge in [0.05, 0.1) is 0 Å². The van der Waals surface area contributed by atoms with Crippen LogP contribution in [0.2, 0.25) is 0 Å². The number of rotatable bonds is 4. The second kappa shape index (κ2) is 7.21. The Hall–Kier alpha value is -2.89. The van der Waals surface area contributed by atoms with Gasteiger partial charge in [0.25, 0.3) is 5.91 Å². The van der Waals surface area contributed by atoms with Crippen LogP contribution >= 0.6 is 0 Å². The van der Waals surface area contributed by atoms with Gasteiger partial charge in [0.2, 0.25) is 0 Å². The number of benzene rings is 2. The van der Waals surface area contributed by atoms with E-state index < -0.39 is 6.09 Å². The van der Waals surface area contributed by atoms with Crippen LogP contribution in [0.15, 0.2) is 48.5 Å². The van der Waals surface area contributed by atoms with E-state index in [4.69, 9.17) is 4.74 Å². The van der Waals surface area contributed by atoms with Crippen molar-refractivity contribution in [3.8, 4) is 0 Å². The SMILES string of the molecule is CNC(=O)c1cccc(NC(=O)OCc2ccc(F)cc2)c1. The van der Waals surface area contributed by atoms with Crippen LogP contribution < -0.4 is 10.6 Å². The summed E-state index contributed by atoms with van der Waals surface area (Å²) in [5.74, 6) is -0.595. The molecule has 0 aromatic heterocycles. The molecule has 2 aromatic carbocycles. The topological polar surface area (TPSA) is 67.4 Å². The second-order valence-electron chi connectivity index (χ2n) is 4.49. The van der Waals surface area contributed by atoms with E-state index in [-0.39, 0.29) is 18.3 Å². The molecule has 2 N–H and O–H groups in total. The van der Waals surface area contributed by atoms with Crippen LogP contribution in [0, 0.1) is 5.82 Å². The summed E-state index contributed by atoms with van der Waals surface area (Å²) in [7, 11) is 1.53. The quantitative estimate of drug-likeness (QED) is 0.912. The fourth-order valence-corrected chi connectivity index (χ4v) is 1.77. The zero-order valence-corrected chi connectivity index (χ0v) is 11.9. The molecule has 2 rings (SSSR count). The van der Waals surface area contributed by atoms with Gasteiger partial charge in [-0.25, -0.2) is 9.18 Å². The number of nitrogens with one attached hydrogen (secondary N) is 2. The van der Waals surface area contributed by atoms with E-state index >= 15 is 0 Å². The molecule has 5 nitrogen and oxygen atoms in total. The van der Waals surface area contributed by atoms with Crippen LogP contribution in [0.5, 0.6) is 0 Å². The molecule has 0 aliphatic heterocycles. The lowest BCUT2D eigenvalue weighted by molar-refractivity contribution is 0.0963. The summed E-state index contributed by atoms with van der Waals surface area (Å²) < 4.78 is 17.8. The van der Waals surface area contributed by atoms with Crippen LogP contribution in [-0.2, 0) is 11.3 Å². The molecule has 0 aliphatic carbocycles. The van der Waals surface area contributed by atoms with Gasteiger partial charge in [-0.15, -0.1) is 0 Å². The summed E-state index contributed by atoms with van der Waals surface area (Å²) in [6, 6.07) is 12.1. The summed E-state index contributed by atoms with van der Waals surface area (Å²) >= 11 is 0. The van der Waals surface area contributed by atoms with Gasteiger partial charge in [-0.3, -0.25) is 10.1 Å². The molecule has 0 saturated heterocycles. The van der Waals surface area contributed by atoms with Gasteiger partial charge >= 0.3 is 6.09 Å². The fraction of sp³-hybridized carbons (Fsp3) is 0.125. The summed E-state index contributed by atoms with van der Waals surface area (Å²) in [4.78, 5) is 23.2. The molecule has 6 heteroatoms. The van der Waals surface area contributed by atoms with Crippen LogP contribution in [-0.4, -0.2) is 19.0 Å². The van der Waals surface area contributed by atoms with Gasteiger partial charge in [-0.05, 0) is 35.9 Å². The van der Waals surface area contributed by atoms with Crippen LogP contribution in [0.4, 0.5) is 14.9 Å². The number of amides is 2. The minimum Gasteiger partial charge on any atom is -0.444 e. The number of carbonyl (C=O) groups is 2. The Kier molecular flexibility index (Phi) is 5.08. The molecule has 22 heavy (non-hydrogen) atoms. The van der Waals surface area contributed by atoms with E-state index in [0.29, 0.717) is 16.8 Å². The monoisotopic (exact) mass is 302 g/mol. The lowest BCUT2D eigenvalue weighted by atomic mass is 10.2. The van der Waals surface area contributed by atoms with Crippen molar-refractivity contribution in [3.63, 3.8) is 0 Å². The minimum absolute atomic E-state index is 0.0290. The fourth-order valence-electron chi connectivity index (χ4n) is 1.77. The maximum absolute atomic E-state index is 12.8. The average Bonchev–Trinajstić information content (AvgIpc) is 2.54. The number of hydrogen-bond donors (Lipinski definition) is 2. The summed E-state index contributed by atoms with van der Waals surface area (Å²) in [6.45, 7) is 0.0290. The van der Waals surface area contributed by atoms with Gasteiger partial charge in [-0.2, -0.15) is 0 Å². The van der Waals surface area contributed by atoms with Crippen molar-refractivity contribution in [2.24, 2.45) is 0 Å². The Morgan fingerprint density at radius 2 is 1.86 bits per heavy atom. The van der Waals surface area contributed by atoms with E-state index in [1.54, 1.807) is 18.2 Å². The molecule has 0 aliphatic rings. The highest BCUT2D eigenvalue weighted by Gasteiger charge is 2.07. The molecule has 2 aromatic rings. The van der Waals surface area contributed by atoms with E-state index in [1.807, 2.05) is 0 Å². The second-order valence-corrected chi connectivity index (χ2v) is 4.49. The third-order valence-corrected chi connectivity index (χ3v) is 2.88. The Bertz CT molecular complexity index is 671. The van der Waals surface area contributed by atoms with Crippen molar-refractivity contribution < 1.29 is 18.7 Å². The first-order valence-corrected chi connectivity index (χ1v) is 6.59. The van der Waals surface area contributed by atoms with Crippen LogP contribution in [0.25, 0.3) is 0 Å². The standard InChI is InChI=1S/C16H15FN2O3/c1-18-15(20)12-3-2-4-14(9-12)19-16(21)22-10-11-5-7-13(17)8-6-11/h2-9H,10H2,1H3,(H,18,20)(H,19,21). The zero-order chi connectivity index (χ0) is 15.9. The first kappa shape index (κ1) is 15.5. The normalized spacial score (nSPS) is 9.91. The zero-order valence-electron chi connectivity index (χ0n) is 11.9. The van der Waals surface area contributed by atoms with Gasteiger partial charge in [0, 0.05) is 18.3 Å². The molecule has 0 spiro atoms. The van der Waals surface area contributed by atoms with Gasteiger partial charge in [-0.1, -0.05) is 18.2 Å². The van der Waals surface area contributed by atoms with Gasteiger partial charge < -0.3 is 10.1 Å². The van der Waals surface area contributed by atoms with E-state index in [1.165, 1.54) is 37.4 Å². The lowest BCUT2D eigenvalue weighted by Gasteiger charge is -2.08. The van der Waals surface area contributed by atoms with Crippen molar-refractivity contribution in [3.05, 3.63) is 65.5 Å². The van der Waals surface area contributed by atoms with Crippen molar-refractivity contribution in [1.82, 2.24) is 5.32 Å². The minimum atomic E-state index is -0.654. The third kappa shape index (κ3) is 4.31. The average molecular weight is 302 g/mol. The third-order valence-electron chi connectivity index (χ3n) is 2.88. The van der Waals surface area contributed by atoms with E-state index in [0.717, 1.165) is 0 Å². The largest absolute Gasteiger partial charge is 0.444 e. The number of carbonyl (C=O) groups excluding carboxylic acids is 2. The van der Waals surface area contributed by atoms with Crippen molar-refractivity contribution in [2.75, 3.05) is 12.4 Å².